The van der Waals surface area contributed by atoms with E-state index in [1.807, 2.05) is 17.9 Å². The van der Waals surface area contributed by atoms with Crippen LogP contribution >= 0.6 is 0 Å². The Morgan fingerprint density at radius 2 is 1.85 bits per heavy atom. The smallest absolute Gasteiger partial charge is 0.0631 e. The fourth-order valence-corrected chi connectivity index (χ4v) is 2.40. The molecule has 2 aromatic rings. The summed E-state index contributed by atoms with van der Waals surface area (Å²) in [6.45, 7) is 6.54. The first-order chi connectivity index (χ1) is 9.65. The van der Waals surface area contributed by atoms with Gasteiger partial charge in [0.05, 0.1) is 5.69 Å². The van der Waals surface area contributed by atoms with Gasteiger partial charge < -0.3 is 5.32 Å². The Bertz CT molecular complexity index is 502. The Labute approximate surface area is 122 Å². The average Bonchev–Trinajstić information content (AvgIpc) is 2.84. The number of rotatable bonds is 7. The van der Waals surface area contributed by atoms with Crippen molar-refractivity contribution in [1.82, 2.24) is 15.1 Å². The number of aryl methyl sites for hydroxylation is 1. The predicted octanol–water partition coefficient (Wildman–Crippen LogP) is 2.99. The predicted molar refractivity (Wildman–Crippen MR) is 83.8 cm³/mol. The molecule has 0 fully saturated rings. The topological polar surface area (TPSA) is 29.9 Å². The summed E-state index contributed by atoms with van der Waals surface area (Å²) >= 11 is 0. The van der Waals surface area contributed by atoms with Crippen LogP contribution in [0.15, 0.2) is 42.6 Å². The third kappa shape index (κ3) is 4.49. The Kier molecular flexibility index (Phi) is 5.36. The normalized spacial score (nSPS) is 12.8. The van der Waals surface area contributed by atoms with E-state index in [2.05, 4.69) is 60.7 Å². The maximum atomic E-state index is 4.51. The molecule has 0 spiro atoms. The van der Waals surface area contributed by atoms with Crippen LogP contribution in [-0.4, -0.2) is 22.9 Å². The second-order valence-corrected chi connectivity index (χ2v) is 5.84. The van der Waals surface area contributed by atoms with Crippen LogP contribution in [0.5, 0.6) is 0 Å². The van der Waals surface area contributed by atoms with Crippen molar-refractivity contribution >= 4 is 0 Å². The average molecular weight is 271 g/mol. The molecule has 108 valence electrons. The zero-order valence-corrected chi connectivity index (χ0v) is 12.7. The van der Waals surface area contributed by atoms with E-state index in [4.69, 9.17) is 0 Å². The molecule has 0 aliphatic heterocycles. The van der Waals surface area contributed by atoms with Crippen molar-refractivity contribution in [1.29, 1.82) is 0 Å². The summed E-state index contributed by atoms with van der Waals surface area (Å²) in [4.78, 5) is 0. The minimum atomic E-state index is 0.477. The molecule has 2 rings (SSSR count). The number of nitrogens with one attached hydrogen (secondary N) is 1. The third-order valence-electron chi connectivity index (χ3n) is 3.44. The molecular weight excluding hydrogens is 246 g/mol. The van der Waals surface area contributed by atoms with Gasteiger partial charge in [-0.1, -0.05) is 44.2 Å². The molecule has 1 atom stereocenters. The Hall–Kier alpha value is -1.61. The maximum Gasteiger partial charge on any atom is 0.0631 e. The highest BCUT2D eigenvalue weighted by Gasteiger charge is 2.13. The number of benzene rings is 1. The largest absolute Gasteiger partial charge is 0.316 e. The molecular formula is C17H25N3. The van der Waals surface area contributed by atoms with E-state index in [0.717, 1.165) is 25.2 Å². The van der Waals surface area contributed by atoms with Gasteiger partial charge in [0.2, 0.25) is 0 Å². The van der Waals surface area contributed by atoms with Gasteiger partial charge in [0, 0.05) is 25.7 Å². The third-order valence-corrected chi connectivity index (χ3v) is 3.44. The lowest BCUT2D eigenvalue weighted by Crippen LogP contribution is -2.26. The van der Waals surface area contributed by atoms with Crippen LogP contribution < -0.4 is 5.32 Å². The molecule has 20 heavy (non-hydrogen) atoms. The first-order valence-electron chi connectivity index (χ1n) is 7.39. The van der Waals surface area contributed by atoms with Crippen molar-refractivity contribution in [2.75, 3.05) is 13.1 Å². The van der Waals surface area contributed by atoms with Gasteiger partial charge in [-0.2, -0.15) is 5.10 Å². The molecule has 3 heteroatoms. The SMILES string of the molecule is CC(C)CNCC(Cc1ccn(C)n1)c1ccccc1. The molecule has 0 radical (unpaired) electrons. The van der Waals surface area contributed by atoms with Crippen LogP contribution in [0.2, 0.25) is 0 Å². The van der Waals surface area contributed by atoms with Gasteiger partial charge in [0.1, 0.15) is 0 Å². The maximum absolute atomic E-state index is 4.51. The van der Waals surface area contributed by atoms with E-state index < -0.39 is 0 Å². The van der Waals surface area contributed by atoms with Gasteiger partial charge in [-0.25, -0.2) is 0 Å². The van der Waals surface area contributed by atoms with Crippen molar-refractivity contribution in [3.05, 3.63) is 53.9 Å². The molecule has 3 nitrogen and oxygen atoms in total. The fraction of sp³-hybridized carbons (Fsp3) is 0.471. The monoisotopic (exact) mass is 271 g/mol. The second-order valence-electron chi connectivity index (χ2n) is 5.84. The molecule has 0 bridgehead atoms. The molecule has 1 N–H and O–H groups in total. The van der Waals surface area contributed by atoms with Gasteiger partial charge in [-0.3, -0.25) is 4.68 Å². The van der Waals surface area contributed by atoms with Crippen molar-refractivity contribution in [3.63, 3.8) is 0 Å². The van der Waals surface area contributed by atoms with Crippen LogP contribution in [0.4, 0.5) is 0 Å². The molecule has 0 saturated carbocycles. The number of hydrogen-bond acceptors (Lipinski definition) is 2. The van der Waals surface area contributed by atoms with E-state index in [9.17, 15) is 0 Å². The van der Waals surface area contributed by atoms with E-state index in [1.54, 1.807) is 0 Å². The van der Waals surface area contributed by atoms with Crippen LogP contribution in [0, 0.1) is 5.92 Å². The summed E-state index contributed by atoms with van der Waals surface area (Å²) in [6.07, 6.45) is 2.99. The van der Waals surface area contributed by atoms with Gasteiger partial charge in [-0.15, -0.1) is 0 Å². The molecule has 1 heterocycles. The van der Waals surface area contributed by atoms with Crippen molar-refractivity contribution in [2.45, 2.75) is 26.2 Å². The minimum absolute atomic E-state index is 0.477. The first kappa shape index (κ1) is 14.8. The summed E-state index contributed by atoms with van der Waals surface area (Å²) in [5.41, 5.74) is 2.54. The van der Waals surface area contributed by atoms with E-state index in [0.29, 0.717) is 11.8 Å². The zero-order valence-electron chi connectivity index (χ0n) is 12.7. The van der Waals surface area contributed by atoms with Gasteiger partial charge in [0.15, 0.2) is 0 Å². The number of nitrogens with zero attached hydrogens (tertiary/aromatic N) is 2. The summed E-state index contributed by atoms with van der Waals surface area (Å²) in [5.74, 6) is 1.16. The molecule has 1 unspecified atom stereocenters. The lowest BCUT2D eigenvalue weighted by Gasteiger charge is -2.18. The zero-order chi connectivity index (χ0) is 14.4. The minimum Gasteiger partial charge on any atom is -0.316 e. The Morgan fingerprint density at radius 3 is 2.45 bits per heavy atom. The summed E-state index contributed by atoms with van der Waals surface area (Å²) in [5, 5.41) is 8.08. The van der Waals surface area contributed by atoms with E-state index in [1.165, 1.54) is 5.56 Å². The lowest BCUT2D eigenvalue weighted by atomic mass is 9.94. The van der Waals surface area contributed by atoms with E-state index in [-0.39, 0.29) is 0 Å². The molecule has 0 amide bonds. The highest BCUT2D eigenvalue weighted by Crippen LogP contribution is 2.19. The van der Waals surface area contributed by atoms with Gasteiger partial charge in [-0.05, 0) is 30.5 Å². The lowest BCUT2D eigenvalue weighted by molar-refractivity contribution is 0.511. The number of aromatic nitrogens is 2. The fourth-order valence-electron chi connectivity index (χ4n) is 2.40. The van der Waals surface area contributed by atoms with Crippen molar-refractivity contribution < 1.29 is 0 Å². The van der Waals surface area contributed by atoms with Crippen LogP contribution in [0.25, 0.3) is 0 Å². The standard InChI is InChI=1S/C17H25N3/c1-14(2)12-18-13-16(15-7-5-4-6-8-15)11-17-9-10-20(3)19-17/h4-10,14,16,18H,11-13H2,1-3H3. The van der Waals surface area contributed by atoms with E-state index >= 15 is 0 Å². The first-order valence-corrected chi connectivity index (χ1v) is 7.39. The van der Waals surface area contributed by atoms with Crippen molar-refractivity contribution in [2.24, 2.45) is 13.0 Å². The Balaban J connectivity index is 2.03. The van der Waals surface area contributed by atoms with Gasteiger partial charge in [0.25, 0.3) is 0 Å². The van der Waals surface area contributed by atoms with Crippen LogP contribution in [0.3, 0.4) is 0 Å². The summed E-state index contributed by atoms with van der Waals surface area (Å²) in [7, 11) is 1.97. The Morgan fingerprint density at radius 1 is 1.10 bits per heavy atom. The highest BCUT2D eigenvalue weighted by atomic mass is 15.2. The van der Waals surface area contributed by atoms with Crippen LogP contribution in [0.1, 0.15) is 31.0 Å². The quantitative estimate of drug-likeness (QED) is 0.839. The van der Waals surface area contributed by atoms with Crippen LogP contribution in [-0.2, 0) is 13.5 Å². The molecule has 0 aliphatic carbocycles. The molecule has 0 aliphatic rings. The van der Waals surface area contributed by atoms with Crippen molar-refractivity contribution in [3.8, 4) is 0 Å². The molecule has 0 saturated heterocycles. The summed E-state index contributed by atoms with van der Waals surface area (Å²) in [6, 6.07) is 12.8. The molecule has 1 aromatic heterocycles. The second kappa shape index (κ2) is 7.25. The highest BCUT2D eigenvalue weighted by molar-refractivity contribution is 5.22. The molecule has 1 aromatic carbocycles. The summed E-state index contributed by atoms with van der Waals surface area (Å²) < 4.78 is 1.87. The number of hydrogen-bond donors (Lipinski definition) is 1. The van der Waals surface area contributed by atoms with Gasteiger partial charge >= 0.3 is 0 Å².